The summed E-state index contributed by atoms with van der Waals surface area (Å²) in [5.74, 6) is -2.65. The van der Waals surface area contributed by atoms with E-state index in [4.69, 9.17) is 19.8 Å². The second-order valence-corrected chi connectivity index (χ2v) is 8.48. The normalized spacial score (nSPS) is 14.2. The molecular weight excluding hydrogens is 430 g/mol. The lowest BCUT2D eigenvalue weighted by Crippen LogP contribution is -2.25. The molecule has 0 fully saturated rings. The van der Waals surface area contributed by atoms with Crippen LogP contribution in [0, 0.1) is 0 Å². The van der Waals surface area contributed by atoms with Crippen LogP contribution in [0.25, 0.3) is 5.57 Å². The SMILES string of the molecule is CCSc1nsnc1Sc1nsnc1C1=CCCN(C)C1.O=C(O)C(=O)O. The van der Waals surface area contributed by atoms with Gasteiger partial charge in [-0.15, -0.1) is 11.8 Å². The number of carboxylic acid groups (broad SMARTS) is 2. The maximum absolute atomic E-state index is 9.10. The molecular formula is C14H17N5O4S4. The first-order valence-electron chi connectivity index (χ1n) is 7.72. The van der Waals surface area contributed by atoms with Gasteiger partial charge in [0.25, 0.3) is 0 Å². The van der Waals surface area contributed by atoms with Crippen LogP contribution in [0.4, 0.5) is 0 Å². The minimum absolute atomic E-state index is 0.935. The summed E-state index contributed by atoms with van der Waals surface area (Å²) in [6, 6.07) is 0. The van der Waals surface area contributed by atoms with Crippen molar-refractivity contribution in [2.75, 3.05) is 25.9 Å². The zero-order valence-corrected chi connectivity index (χ0v) is 17.8. The third-order valence-electron chi connectivity index (χ3n) is 3.19. The monoisotopic (exact) mass is 447 g/mol. The van der Waals surface area contributed by atoms with Crippen molar-refractivity contribution in [3.05, 3.63) is 11.8 Å². The number of nitrogens with zero attached hydrogens (tertiary/aromatic N) is 5. The average molecular weight is 448 g/mol. The van der Waals surface area contributed by atoms with Crippen LogP contribution in [0.2, 0.25) is 0 Å². The molecule has 0 saturated heterocycles. The van der Waals surface area contributed by atoms with E-state index in [-0.39, 0.29) is 0 Å². The van der Waals surface area contributed by atoms with Gasteiger partial charge in [-0.25, -0.2) is 9.59 Å². The molecule has 2 aromatic heterocycles. The van der Waals surface area contributed by atoms with Crippen LogP contribution in [-0.2, 0) is 9.59 Å². The number of hydrogen-bond donors (Lipinski definition) is 2. The molecule has 2 N–H and O–H groups in total. The Bertz CT molecular complexity index is 810. The standard InChI is InChI=1S/C12H15N5S4.C2H2O4/c1-3-18-11-12(16-21-15-11)19-10-9(13-20-14-10)8-5-4-6-17(2)7-8;3-1(4)2(5)6/h5H,3-4,6-7H2,1-2H3;(H,3,4)(H,5,6). The Kier molecular flexibility index (Phi) is 8.63. The van der Waals surface area contributed by atoms with Gasteiger partial charge >= 0.3 is 11.9 Å². The molecule has 146 valence electrons. The van der Waals surface area contributed by atoms with Gasteiger partial charge in [0.15, 0.2) is 5.03 Å². The van der Waals surface area contributed by atoms with E-state index >= 15 is 0 Å². The summed E-state index contributed by atoms with van der Waals surface area (Å²) in [7, 11) is 2.14. The predicted molar refractivity (Wildman–Crippen MR) is 106 cm³/mol. The predicted octanol–water partition coefficient (Wildman–Crippen LogP) is 2.53. The topological polar surface area (TPSA) is 129 Å². The van der Waals surface area contributed by atoms with Crippen LogP contribution >= 0.6 is 47.0 Å². The number of rotatable bonds is 5. The zero-order chi connectivity index (χ0) is 19.8. The number of aromatic nitrogens is 4. The molecule has 1 aliphatic rings. The molecule has 0 aliphatic carbocycles. The first kappa shape index (κ1) is 21.8. The molecule has 3 rings (SSSR count). The Hall–Kier alpha value is -1.54. The van der Waals surface area contributed by atoms with E-state index in [1.165, 1.54) is 29.0 Å². The summed E-state index contributed by atoms with van der Waals surface area (Å²) in [6.45, 7) is 4.17. The van der Waals surface area contributed by atoms with E-state index in [0.29, 0.717) is 0 Å². The summed E-state index contributed by atoms with van der Waals surface area (Å²) in [5, 5.41) is 17.7. The first-order chi connectivity index (χ1) is 12.9. The molecule has 0 bridgehead atoms. The highest BCUT2D eigenvalue weighted by Crippen LogP contribution is 2.37. The van der Waals surface area contributed by atoms with Gasteiger partial charge in [0, 0.05) is 13.1 Å². The molecule has 0 amide bonds. The van der Waals surface area contributed by atoms with Crippen LogP contribution in [0.15, 0.2) is 21.2 Å². The van der Waals surface area contributed by atoms with Gasteiger partial charge < -0.3 is 15.1 Å². The van der Waals surface area contributed by atoms with Gasteiger partial charge in [-0.05, 0) is 36.6 Å². The molecule has 9 nitrogen and oxygen atoms in total. The number of carbonyl (C=O) groups is 2. The average Bonchev–Trinajstić information content (AvgIpc) is 3.26. The summed E-state index contributed by atoms with van der Waals surface area (Å²) >= 11 is 5.83. The summed E-state index contributed by atoms with van der Waals surface area (Å²) in [4.78, 5) is 20.5. The second-order valence-electron chi connectivity index (χ2n) is 5.19. The fourth-order valence-electron chi connectivity index (χ4n) is 2.06. The molecule has 0 unspecified atom stereocenters. The minimum Gasteiger partial charge on any atom is -0.473 e. The molecule has 27 heavy (non-hydrogen) atoms. The fraction of sp³-hybridized carbons (Fsp3) is 0.429. The van der Waals surface area contributed by atoms with Gasteiger partial charge in [-0.3, -0.25) is 0 Å². The molecule has 0 atom stereocenters. The minimum atomic E-state index is -1.82. The summed E-state index contributed by atoms with van der Waals surface area (Å²) in [5.41, 5.74) is 2.28. The van der Waals surface area contributed by atoms with Crippen molar-refractivity contribution in [2.45, 2.75) is 28.4 Å². The number of likely N-dealkylation sites (N-methyl/N-ethyl adjacent to an activating group) is 1. The Labute approximate surface area is 172 Å². The number of hydrogen-bond acceptors (Lipinski definition) is 11. The van der Waals surface area contributed by atoms with Crippen molar-refractivity contribution in [1.29, 1.82) is 0 Å². The number of carboxylic acids is 2. The quantitative estimate of drug-likeness (QED) is 0.518. The third-order valence-corrected chi connectivity index (χ3v) is 6.53. The van der Waals surface area contributed by atoms with Crippen molar-refractivity contribution in [1.82, 2.24) is 22.4 Å². The Morgan fingerprint density at radius 2 is 1.74 bits per heavy atom. The van der Waals surface area contributed by atoms with E-state index in [2.05, 4.69) is 42.4 Å². The van der Waals surface area contributed by atoms with E-state index in [9.17, 15) is 0 Å². The summed E-state index contributed by atoms with van der Waals surface area (Å²) < 4.78 is 17.7. The van der Waals surface area contributed by atoms with E-state index in [0.717, 1.165) is 46.0 Å². The van der Waals surface area contributed by atoms with Crippen molar-refractivity contribution < 1.29 is 19.8 Å². The molecule has 2 aromatic rings. The van der Waals surface area contributed by atoms with E-state index < -0.39 is 11.9 Å². The highest BCUT2D eigenvalue weighted by molar-refractivity contribution is 8.02. The van der Waals surface area contributed by atoms with Crippen LogP contribution < -0.4 is 0 Å². The van der Waals surface area contributed by atoms with Crippen molar-refractivity contribution in [3.63, 3.8) is 0 Å². The molecule has 13 heteroatoms. The Morgan fingerprint density at radius 1 is 1.11 bits per heavy atom. The zero-order valence-electron chi connectivity index (χ0n) is 14.5. The van der Waals surface area contributed by atoms with Crippen LogP contribution in [0.1, 0.15) is 19.0 Å². The lowest BCUT2D eigenvalue weighted by molar-refractivity contribution is -0.159. The van der Waals surface area contributed by atoms with Crippen molar-refractivity contribution in [2.24, 2.45) is 0 Å². The number of thioether (sulfide) groups is 1. The molecule has 0 radical (unpaired) electrons. The first-order valence-corrected chi connectivity index (χ1v) is 11.0. The van der Waals surface area contributed by atoms with Crippen molar-refractivity contribution >= 4 is 64.5 Å². The third kappa shape index (κ3) is 6.53. The fourth-order valence-corrected chi connectivity index (χ4v) is 5.23. The van der Waals surface area contributed by atoms with E-state index in [1.54, 1.807) is 23.5 Å². The van der Waals surface area contributed by atoms with Gasteiger partial charge in [-0.1, -0.05) is 13.0 Å². The maximum atomic E-state index is 9.10. The van der Waals surface area contributed by atoms with Gasteiger partial charge in [0.1, 0.15) is 15.7 Å². The van der Waals surface area contributed by atoms with Crippen LogP contribution in [-0.4, -0.2) is 70.4 Å². The highest BCUT2D eigenvalue weighted by Gasteiger charge is 2.20. The largest absolute Gasteiger partial charge is 0.473 e. The van der Waals surface area contributed by atoms with Gasteiger partial charge in [0.05, 0.1) is 23.5 Å². The highest BCUT2D eigenvalue weighted by atomic mass is 32.2. The smallest absolute Gasteiger partial charge is 0.414 e. The summed E-state index contributed by atoms with van der Waals surface area (Å²) in [6.07, 6.45) is 3.35. The number of aliphatic carboxylic acids is 2. The molecule has 0 spiro atoms. The molecule has 3 heterocycles. The Morgan fingerprint density at radius 3 is 2.37 bits per heavy atom. The van der Waals surface area contributed by atoms with E-state index in [1.807, 2.05) is 0 Å². The van der Waals surface area contributed by atoms with Gasteiger partial charge in [0.2, 0.25) is 0 Å². The maximum Gasteiger partial charge on any atom is 0.414 e. The second kappa shape index (κ2) is 10.7. The van der Waals surface area contributed by atoms with Crippen LogP contribution in [0.3, 0.4) is 0 Å². The molecule has 0 saturated carbocycles. The lowest BCUT2D eigenvalue weighted by Gasteiger charge is -2.22. The molecule has 1 aliphatic heterocycles. The van der Waals surface area contributed by atoms with Gasteiger partial charge in [-0.2, -0.15) is 17.5 Å². The van der Waals surface area contributed by atoms with Crippen molar-refractivity contribution in [3.8, 4) is 0 Å². The molecule has 0 aromatic carbocycles. The lowest BCUT2D eigenvalue weighted by atomic mass is 10.1. The Balaban J connectivity index is 0.000000380. The van der Waals surface area contributed by atoms with Crippen LogP contribution in [0.5, 0.6) is 0 Å².